The summed E-state index contributed by atoms with van der Waals surface area (Å²) in [6, 6.07) is 14.1. The number of aliphatic imine (C=N–C) groups is 1. The van der Waals surface area contributed by atoms with Crippen molar-refractivity contribution in [2.45, 2.75) is 0 Å². The molecule has 0 spiro atoms. The molecule has 0 aliphatic carbocycles. The molecule has 0 fully saturated rings. The normalized spacial score (nSPS) is 11.3. The topological polar surface area (TPSA) is 86.0 Å². The molecular formula is C17H17N3O4. The van der Waals surface area contributed by atoms with Crippen LogP contribution in [0, 0.1) is 10.1 Å². The standard InChI is InChI=1S/C17H17N3O4/c1-23-16-9-5-3-7-14(16)18-11-13(20(21)22)12-19-15-8-4-6-10-17(15)24-2/h3-12,18H,1-2H3. The van der Waals surface area contributed by atoms with Gasteiger partial charge in [-0.15, -0.1) is 0 Å². The van der Waals surface area contributed by atoms with Gasteiger partial charge < -0.3 is 14.8 Å². The highest BCUT2D eigenvalue weighted by atomic mass is 16.6. The number of hydrogen-bond donors (Lipinski definition) is 1. The maximum absolute atomic E-state index is 11.2. The number of para-hydroxylation sites is 4. The van der Waals surface area contributed by atoms with E-state index in [1.165, 1.54) is 26.6 Å². The Morgan fingerprint density at radius 3 is 2.38 bits per heavy atom. The second-order valence-electron chi connectivity index (χ2n) is 4.60. The second-order valence-corrected chi connectivity index (χ2v) is 4.60. The largest absolute Gasteiger partial charge is 0.495 e. The predicted octanol–water partition coefficient (Wildman–Crippen LogP) is 3.64. The molecule has 0 amide bonds. The fourth-order valence-electron chi connectivity index (χ4n) is 1.92. The highest BCUT2D eigenvalue weighted by molar-refractivity contribution is 5.80. The van der Waals surface area contributed by atoms with Crippen LogP contribution in [0.1, 0.15) is 0 Å². The molecule has 0 radical (unpaired) electrons. The van der Waals surface area contributed by atoms with Gasteiger partial charge in [0.1, 0.15) is 23.4 Å². The Labute approximate surface area is 139 Å². The molecule has 0 aliphatic heterocycles. The lowest BCUT2D eigenvalue weighted by molar-refractivity contribution is -0.414. The summed E-state index contributed by atoms with van der Waals surface area (Å²) < 4.78 is 10.3. The maximum atomic E-state index is 11.2. The van der Waals surface area contributed by atoms with Crippen LogP contribution in [0.4, 0.5) is 11.4 Å². The molecule has 1 N–H and O–H groups in total. The zero-order valence-electron chi connectivity index (χ0n) is 13.3. The van der Waals surface area contributed by atoms with Crippen molar-refractivity contribution in [3.63, 3.8) is 0 Å². The van der Waals surface area contributed by atoms with E-state index in [4.69, 9.17) is 9.47 Å². The highest BCUT2D eigenvalue weighted by Crippen LogP contribution is 2.26. The number of benzene rings is 2. The minimum absolute atomic E-state index is 0.202. The van der Waals surface area contributed by atoms with Gasteiger partial charge in [-0.05, 0) is 24.3 Å². The number of nitrogens with one attached hydrogen (secondary N) is 1. The fraction of sp³-hybridized carbons (Fsp3) is 0.118. The van der Waals surface area contributed by atoms with Gasteiger partial charge in [0.05, 0.1) is 31.0 Å². The fourth-order valence-corrected chi connectivity index (χ4v) is 1.92. The van der Waals surface area contributed by atoms with Crippen molar-refractivity contribution in [2.24, 2.45) is 4.99 Å². The van der Waals surface area contributed by atoms with Gasteiger partial charge in [-0.1, -0.05) is 24.3 Å². The van der Waals surface area contributed by atoms with Gasteiger partial charge in [-0.3, -0.25) is 10.1 Å². The Morgan fingerprint density at radius 1 is 1.08 bits per heavy atom. The van der Waals surface area contributed by atoms with Crippen molar-refractivity contribution in [1.82, 2.24) is 0 Å². The number of methoxy groups -OCH3 is 2. The Hall–Kier alpha value is -3.35. The first-order chi connectivity index (χ1) is 11.7. The van der Waals surface area contributed by atoms with Crippen LogP contribution in [0.15, 0.2) is 65.4 Å². The first-order valence-corrected chi connectivity index (χ1v) is 7.07. The van der Waals surface area contributed by atoms with E-state index in [1.807, 2.05) is 6.07 Å². The number of nitrogens with zero attached hydrogens (tertiary/aromatic N) is 2. The van der Waals surface area contributed by atoms with Crippen molar-refractivity contribution in [1.29, 1.82) is 0 Å². The summed E-state index contributed by atoms with van der Waals surface area (Å²) >= 11 is 0. The summed E-state index contributed by atoms with van der Waals surface area (Å²) in [6.45, 7) is 0. The van der Waals surface area contributed by atoms with Crippen LogP contribution in [0.2, 0.25) is 0 Å². The van der Waals surface area contributed by atoms with Crippen molar-refractivity contribution in [3.05, 3.63) is 70.5 Å². The van der Waals surface area contributed by atoms with Gasteiger partial charge in [0, 0.05) is 0 Å². The Balaban J connectivity index is 2.23. The highest BCUT2D eigenvalue weighted by Gasteiger charge is 2.09. The first kappa shape index (κ1) is 17.0. The van der Waals surface area contributed by atoms with Crippen LogP contribution >= 0.6 is 0 Å². The number of hydrogen-bond acceptors (Lipinski definition) is 6. The van der Waals surface area contributed by atoms with Crippen LogP contribution in [-0.4, -0.2) is 25.4 Å². The molecule has 2 aromatic rings. The minimum Gasteiger partial charge on any atom is -0.495 e. The number of allylic oxidation sites excluding steroid dienone is 1. The van der Waals surface area contributed by atoms with Crippen LogP contribution in [0.25, 0.3) is 0 Å². The lowest BCUT2D eigenvalue weighted by atomic mass is 10.3. The number of rotatable bonds is 7. The van der Waals surface area contributed by atoms with E-state index < -0.39 is 4.92 Å². The SMILES string of the molecule is COc1ccccc1N=CC(=CNc1ccccc1OC)[N+](=O)[O-]. The van der Waals surface area contributed by atoms with Gasteiger partial charge in [0.2, 0.25) is 0 Å². The third-order valence-electron chi connectivity index (χ3n) is 3.11. The molecule has 0 atom stereocenters. The van der Waals surface area contributed by atoms with Crippen LogP contribution in [-0.2, 0) is 0 Å². The molecule has 0 bridgehead atoms. The molecule has 0 aliphatic rings. The lowest BCUT2D eigenvalue weighted by Crippen LogP contribution is -2.04. The monoisotopic (exact) mass is 327 g/mol. The Morgan fingerprint density at radius 2 is 1.71 bits per heavy atom. The van der Waals surface area contributed by atoms with Crippen molar-refractivity contribution >= 4 is 17.6 Å². The molecule has 0 aromatic heterocycles. The van der Waals surface area contributed by atoms with Crippen LogP contribution in [0.3, 0.4) is 0 Å². The Kier molecular flexibility index (Phi) is 5.90. The quantitative estimate of drug-likeness (QED) is 0.477. The number of nitro groups is 1. The second kappa shape index (κ2) is 8.33. The van der Waals surface area contributed by atoms with Crippen molar-refractivity contribution < 1.29 is 14.4 Å². The third-order valence-corrected chi connectivity index (χ3v) is 3.11. The molecule has 2 rings (SSSR count). The smallest absolute Gasteiger partial charge is 0.303 e. The van der Waals surface area contributed by atoms with Crippen LogP contribution in [0.5, 0.6) is 11.5 Å². The third kappa shape index (κ3) is 4.33. The molecule has 7 nitrogen and oxygen atoms in total. The van der Waals surface area contributed by atoms with Gasteiger partial charge in [-0.2, -0.15) is 0 Å². The van der Waals surface area contributed by atoms with E-state index in [1.54, 1.807) is 42.5 Å². The summed E-state index contributed by atoms with van der Waals surface area (Å²) in [5.41, 5.74) is 0.918. The molecular weight excluding hydrogens is 310 g/mol. The van der Waals surface area contributed by atoms with Gasteiger partial charge in [-0.25, -0.2) is 4.99 Å². The van der Waals surface area contributed by atoms with E-state index in [0.29, 0.717) is 22.9 Å². The summed E-state index contributed by atoms with van der Waals surface area (Å²) in [5.74, 6) is 1.12. The van der Waals surface area contributed by atoms with Crippen molar-refractivity contribution in [3.8, 4) is 11.5 Å². The number of ether oxygens (including phenoxy) is 2. The predicted molar refractivity (Wildman–Crippen MR) is 92.8 cm³/mol. The summed E-state index contributed by atoms with van der Waals surface area (Å²) in [7, 11) is 3.05. The van der Waals surface area contributed by atoms with Gasteiger partial charge in [0.25, 0.3) is 0 Å². The molecule has 24 heavy (non-hydrogen) atoms. The zero-order valence-corrected chi connectivity index (χ0v) is 13.3. The van der Waals surface area contributed by atoms with Gasteiger partial charge in [0.15, 0.2) is 0 Å². The van der Waals surface area contributed by atoms with E-state index >= 15 is 0 Å². The summed E-state index contributed by atoms with van der Waals surface area (Å²) in [5, 5.41) is 14.1. The van der Waals surface area contributed by atoms with E-state index in [-0.39, 0.29) is 5.70 Å². The molecule has 0 heterocycles. The maximum Gasteiger partial charge on any atom is 0.303 e. The Bertz CT molecular complexity index is 772. The van der Waals surface area contributed by atoms with Crippen molar-refractivity contribution in [2.75, 3.05) is 19.5 Å². The summed E-state index contributed by atoms with van der Waals surface area (Å²) in [4.78, 5) is 14.8. The summed E-state index contributed by atoms with van der Waals surface area (Å²) in [6.07, 6.45) is 2.43. The lowest BCUT2D eigenvalue weighted by Gasteiger charge is -2.06. The minimum atomic E-state index is -0.526. The molecule has 0 saturated heterocycles. The zero-order chi connectivity index (χ0) is 17.4. The average molecular weight is 327 g/mol. The first-order valence-electron chi connectivity index (χ1n) is 7.07. The van der Waals surface area contributed by atoms with Crippen LogP contribution < -0.4 is 14.8 Å². The van der Waals surface area contributed by atoms with E-state index in [9.17, 15) is 10.1 Å². The van der Waals surface area contributed by atoms with E-state index in [2.05, 4.69) is 10.3 Å². The average Bonchev–Trinajstić information content (AvgIpc) is 2.62. The van der Waals surface area contributed by atoms with E-state index in [0.717, 1.165) is 0 Å². The van der Waals surface area contributed by atoms with Gasteiger partial charge >= 0.3 is 5.70 Å². The molecule has 124 valence electrons. The molecule has 0 unspecified atom stereocenters. The number of anilines is 1. The molecule has 2 aromatic carbocycles. The molecule has 0 saturated carbocycles. The molecule has 7 heteroatoms.